The average molecular weight is 403 g/mol. The van der Waals surface area contributed by atoms with Crippen molar-refractivity contribution in [2.45, 2.75) is 19.9 Å². The van der Waals surface area contributed by atoms with E-state index < -0.39 is 6.04 Å². The standard InChI is InChI=1S/C21H23ClN2O4/c1-3-27-19-7-5-4-6-18(19)24-13-12-23(15(2)21(24)26)20(25)14-28-17-10-8-16(22)9-11-17/h4-11,15H,3,12-14H2,1-2H3/t15-/m0/s1. The summed E-state index contributed by atoms with van der Waals surface area (Å²) < 4.78 is 11.2. The summed E-state index contributed by atoms with van der Waals surface area (Å²) in [5.74, 6) is 0.851. The van der Waals surface area contributed by atoms with Crippen molar-refractivity contribution >= 4 is 29.1 Å². The van der Waals surface area contributed by atoms with Crippen LogP contribution in [0, 0.1) is 0 Å². The first-order valence-electron chi connectivity index (χ1n) is 9.22. The third kappa shape index (κ3) is 4.39. The van der Waals surface area contributed by atoms with Crippen LogP contribution in [0.5, 0.6) is 11.5 Å². The Morgan fingerprint density at radius 3 is 2.54 bits per heavy atom. The summed E-state index contributed by atoms with van der Waals surface area (Å²) in [6.45, 7) is 4.85. The minimum absolute atomic E-state index is 0.130. The maximum Gasteiger partial charge on any atom is 0.261 e. The number of amides is 2. The fourth-order valence-electron chi connectivity index (χ4n) is 3.17. The fourth-order valence-corrected chi connectivity index (χ4v) is 3.29. The molecule has 1 atom stereocenters. The van der Waals surface area contributed by atoms with E-state index in [0.29, 0.717) is 36.2 Å². The largest absolute Gasteiger partial charge is 0.492 e. The number of carbonyl (C=O) groups excluding carboxylic acids is 2. The van der Waals surface area contributed by atoms with Gasteiger partial charge >= 0.3 is 0 Å². The van der Waals surface area contributed by atoms with Crippen LogP contribution in [0.4, 0.5) is 5.69 Å². The minimum atomic E-state index is -0.579. The van der Waals surface area contributed by atoms with Gasteiger partial charge in [0.1, 0.15) is 17.5 Å². The number of hydrogen-bond donors (Lipinski definition) is 0. The third-order valence-corrected chi connectivity index (χ3v) is 4.86. The molecule has 6 nitrogen and oxygen atoms in total. The predicted octanol–water partition coefficient (Wildman–Crippen LogP) is 3.38. The molecule has 2 aromatic carbocycles. The van der Waals surface area contributed by atoms with Gasteiger partial charge in [0.2, 0.25) is 5.91 Å². The quantitative estimate of drug-likeness (QED) is 0.743. The molecule has 1 saturated heterocycles. The maximum atomic E-state index is 12.9. The zero-order valence-electron chi connectivity index (χ0n) is 15.9. The molecule has 2 aromatic rings. The van der Waals surface area contributed by atoms with E-state index in [-0.39, 0.29) is 18.4 Å². The predicted molar refractivity (Wildman–Crippen MR) is 108 cm³/mol. The molecule has 1 heterocycles. The number of halogens is 1. The normalized spacial score (nSPS) is 16.8. The van der Waals surface area contributed by atoms with E-state index in [0.717, 1.165) is 5.69 Å². The first-order valence-corrected chi connectivity index (χ1v) is 9.60. The van der Waals surface area contributed by atoms with Gasteiger partial charge in [-0.2, -0.15) is 0 Å². The van der Waals surface area contributed by atoms with Crippen molar-refractivity contribution in [1.29, 1.82) is 0 Å². The number of carbonyl (C=O) groups is 2. The van der Waals surface area contributed by atoms with Crippen molar-refractivity contribution in [3.05, 3.63) is 53.6 Å². The number of benzene rings is 2. The molecule has 28 heavy (non-hydrogen) atoms. The Labute approximate surface area is 169 Å². The van der Waals surface area contributed by atoms with Gasteiger partial charge in [-0.05, 0) is 50.2 Å². The molecular formula is C21H23ClN2O4. The number of hydrogen-bond acceptors (Lipinski definition) is 4. The summed E-state index contributed by atoms with van der Waals surface area (Å²) in [6.07, 6.45) is 0. The van der Waals surface area contributed by atoms with Gasteiger partial charge in [-0.15, -0.1) is 0 Å². The summed E-state index contributed by atoms with van der Waals surface area (Å²) in [7, 11) is 0. The Bertz CT molecular complexity index is 841. The lowest BCUT2D eigenvalue weighted by molar-refractivity contribution is -0.142. The lowest BCUT2D eigenvalue weighted by Crippen LogP contribution is -2.58. The summed E-state index contributed by atoms with van der Waals surface area (Å²) in [6, 6.07) is 13.7. The molecule has 0 saturated carbocycles. The molecule has 0 aliphatic carbocycles. The Hall–Kier alpha value is -2.73. The topological polar surface area (TPSA) is 59.1 Å². The van der Waals surface area contributed by atoms with Crippen LogP contribution in [-0.4, -0.2) is 49.1 Å². The smallest absolute Gasteiger partial charge is 0.261 e. The van der Waals surface area contributed by atoms with Gasteiger partial charge in [0.05, 0.1) is 12.3 Å². The molecule has 1 aliphatic heterocycles. The lowest BCUT2D eigenvalue weighted by Gasteiger charge is -2.39. The molecule has 1 fully saturated rings. The van der Waals surface area contributed by atoms with Crippen LogP contribution in [0.25, 0.3) is 0 Å². The fraction of sp³-hybridized carbons (Fsp3) is 0.333. The van der Waals surface area contributed by atoms with E-state index >= 15 is 0 Å². The molecule has 0 aromatic heterocycles. The molecular weight excluding hydrogens is 380 g/mol. The van der Waals surface area contributed by atoms with E-state index in [1.165, 1.54) is 0 Å². The van der Waals surface area contributed by atoms with Gasteiger partial charge in [-0.3, -0.25) is 9.59 Å². The second-order valence-electron chi connectivity index (χ2n) is 6.40. The van der Waals surface area contributed by atoms with E-state index in [1.54, 1.807) is 41.0 Å². The van der Waals surface area contributed by atoms with Crippen molar-refractivity contribution in [2.24, 2.45) is 0 Å². The summed E-state index contributed by atoms with van der Waals surface area (Å²) in [5, 5.41) is 0.598. The highest BCUT2D eigenvalue weighted by molar-refractivity contribution is 6.30. The van der Waals surface area contributed by atoms with Crippen LogP contribution in [0.2, 0.25) is 5.02 Å². The second-order valence-corrected chi connectivity index (χ2v) is 6.83. The SMILES string of the molecule is CCOc1ccccc1N1CCN(C(=O)COc2ccc(Cl)cc2)[C@@H](C)C1=O. The van der Waals surface area contributed by atoms with Gasteiger partial charge < -0.3 is 19.3 Å². The van der Waals surface area contributed by atoms with E-state index in [4.69, 9.17) is 21.1 Å². The van der Waals surface area contributed by atoms with E-state index in [2.05, 4.69) is 0 Å². The molecule has 0 bridgehead atoms. The average Bonchev–Trinajstić information content (AvgIpc) is 2.70. The number of rotatable bonds is 6. The zero-order valence-corrected chi connectivity index (χ0v) is 16.7. The first-order chi connectivity index (χ1) is 13.5. The van der Waals surface area contributed by atoms with Crippen LogP contribution in [0.15, 0.2) is 48.5 Å². The summed E-state index contributed by atoms with van der Waals surface area (Å²) in [5.41, 5.74) is 0.728. The molecule has 0 N–H and O–H groups in total. The number of para-hydroxylation sites is 2. The van der Waals surface area contributed by atoms with Crippen LogP contribution in [0.1, 0.15) is 13.8 Å². The van der Waals surface area contributed by atoms with Crippen LogP contribution < -0.4 is 14.4 Å². The van der Waals surface area contributed by atoms with Crippen molar-refractivity contribution in [2.75, 3.05) is 31.2 Å². The van der Waals surface area contributed by atoms with Crippen LogP contribution >= 0.6 is 11.6 Å². The molecule has 0 spiro atoms. The third-order valence-electron chi connectivity index (χ3n) is 4.61. The highest BCUT2D eigenvalue weighted by atomic mass is 35.5. The van der Waals surface area contributed by atoms with Crippen molar-refractivity contribution < 1.29 is 19.1 Å². The van der Waals surface area contributed by atoms with E-state index in [9.17, 15) is 9.59 Å². The summed E-state index contributed by atoms with van der Waals surface area (Å²) >= 11 is 5.84. The number of anilines is 1. The zero-order chi connectivity index (χ0) is 20.1. The van der Waals surface area contributed by atoms with E-state index in [1.807, 2.05) is 31.2 Å². The van der Waals surface area contributed by atoms with Gasteiger partial charge in [-0.25, -0.2) is 0 Å². The molecule has 0 radical (unpaired) electrons. The molecule has 148 valence electrons. The minimum Gasteiger partial charge on any atom is -0.492 e. The van der Waals surface area contributed by atoms with Gasteiger partial charge in [0.15, 0.2) is 6.61 Å². The Morgan fingerprint density at radius 1 is 1.11 bits per heavy atom. The van der Waals surface area contributed by atoms with Crippen molar-refractivity contribution in [3.63, 3.8) is 0 Å². The Morgan fingerprint density at radius 2 is 1.82 bits per heavy atom. The highest BCUT2D eigenvalue weighted by Crippen LogP contribution is 2.30. The first kappa shape index (κ1) is 20.0. The van der Waals surface area contributed by atoms with Gasteiger partial charge in [0.25, 0.3) is 5.91 Å². The maximum absolute atomic E-state index is 12.9. The second kappa shape index (κ2) is 8.97. The van der Waals surface area contributed by atoms with Gasteiger partial charge in [0, 0.05) is 18.1 Å². The number of ether oxygens (including phenoxy) is 2. The molecule has 3 rings (SSSR count). The molecule has 2 amide bonds. The molecule has 0 unspecified atom stereocenters. The lowest BCUT2D eigenvalue weighted by atomic mass is 10.1. The highest BCUT2D eigenvalue weighted by Gasteiger charge is 2.36. The Balaban J connectivity index is 1.65. The van der Waals surface area contributed by atoms with Crippen molar-refractivity contribution in [3.8, 4) is 11.5 Å². The number of nitrogens with zero attached hydrogens (tertiary/aromatic N) is 2. The van der Waals surface area contributed by atoms with Gasteiger partial charge in [-0.1, -0.05) is 23.7 Å². The Kier molecular flexibility index (Phi) is 6.41. The van der Waals surface area contributed by atoms with Crippen LogP contribution in [-0.2, 0) is 9.59 Å². The molecule has 1 aliphatic rings. The monoisotopic (exact) mass is 402 g/mol. The number of piperazine rings is 1. The molecule has 7 heteroatoms. The summed E-state index contributed by atoms with van der Waals surface area (Å²) in [4.78, 5) is 28.7. The van der Waals surface area contributed by atoms with Crippen molar-refractivity contribution in [1.82, 2.24) is 4.90 Å². The van der Waals surface area contributed by atoms with Crippen LogP contribution in [0.3, 0.4) is 0 Å².